The van der Waals surface area contributed by atoms with Crippen LogP contribution in [0.4, 0.5) is 39.5 Å². The number of unbranched alkanes of at least 4 members (excludes halogenated alkanes) is 1. The number of esters is 1. The highest BCUT2D eigenvalue weighted by Gasteiger charge is 2.49. The Kier molecular flexibility index (Phi) is 10.4. The molecule has 2 atom stereocenters. The van der Waals surface area contributed by atoms with Gasteiger partial charge in [-0.1, -0.05) is 19.8 Å². The first-order valence-electron chi connectivity index (χ1n) is 14.2. The lowest BCUT2D eigenvalue weighted by molar-refractivity contribution is -0.432. The van der Waals surface area contributed by atoms with Crippen LogP contribution in [0.25, 0.3) is 11.1 Å². The Morgan fingerprint density at radius 1 is 0.860 bits per heavy atom. The Morgan fingerprint density at radius 3 is 1.98 bits per heavy atom. The Morgan fingerprint density at radius 2 is 1.47 bits per heavy atom. The molecular formula is C30H31F9O4. The zero-order valence-electron chi connectivity index (χ0n) is 23.2. The van der Waals surface area contributed by atoms with Gasteiger partial charge in [0.05, 0.1) is 17.6 Å². The lowest BCUT2D eigenvalue weighted by Crippen LogP contribution is -2.35. The Balaban J connectivity index is 1.38. The molecule has 1 saturated carbocycles. The van der Waals surface area contributed by atoms with Crippen LogP contribution in [0.5, 0.6) is 5.75 Å². The molecule has 4 rings (SSSR count). The second-order valence-electron chi connectivity index (χ2n) is 11.1. The van der Waals surface area contributed by atoms with Crippen LogP contribution in [-0.4, -0.2) is 25.0 Å². The number of benzene rings is 2. The van der Waals surface area contributed by atoms with E-state index in [2.05, 4.69) is 11.7 Å². The third kappa shape index (κ3) is 8.23. The number of ether oxygens (including phenoxy) is 3. The molecule has 238 valence electrons. The lowest BCUT2D eigenvalue weighted by atomic mass is 9.77. The zero-order valence-corrected chi connectivity index (χ0v) is 23.2. The number of halogens is 9. The molecule has 13 heteroatoms. The first kappa shape index (κ1) is 33.1. The van der Waals surface area contributed by atoms with Crippen molar-refractivity contribution in [1.29, 1.82) is 0 Å². The van der Waals surface area contributed by atoms with Crippen LogP contribution in [0.3, 0.4) is 0 Å². The quantitative estimate of drug-likeness (QED) is 0.158. The first-order valence-corrected chi connectivity index (χ1v) is 14.2. The normalized spacial score (nSPS) is 23.3. The smallest absolute Gasteiger partial charge is 0.426 e. The lowest BCUT2D eigenvalue weighted by Gasteiger charge is -2.37. The maximum atomic E-state index is 14.9. The van der Waals surface area contributed by atoms with Gasteiger partial charge in [-0.05, 0) is 74.5 Å². The van der Waals surface area contributed by atoms with E-state index in [1.165, 1.54) is 6.42 Å². The molecule has 2 aliphatic rings. The molecule has 2 aromatic carbocycles. The van der Waals surface area contributed by atoms with Crippen LogP contribution < -0.4 is 4.74 Å². The van der Waals surface area contributed by atoms with Crippen molar-refractivity contribution < 1.29 is 58.5 Å². The van der Waals surface area contributed by atoms with Crippen LogP contribution in [-0.2, 0) is 20.4 Å². The molecular weight excluding hydrogens is 595 g/mol. The van der Waals surface area contributed by atoms with Gasteiger partial charge in [0, 0.05) is 18.7 Å². The number of alkyl halides is 5. The third-order valence-electron chi connectivity index (χ3n) is 8.10. The molecule has 2 unspecified atom stereocenters. The molecule has 0 aromatic heterocycles. The molecule has 2 aromatic rings. The summed E-state index contributed by atoms with van der Waals surface area (Å²) in [6.45, 7) is 2.89. The van der Waals surface area contributed by atoms with Crippen molar-refractivity contribution >= 4 is 5.97 Å². The number of carbonyl (C=O) groups excluding carboxylic acids is 1. The molecule has 0 bridgehead atoms. The molecule has 0 amide bonds. The fraction of sp³-hybridized carbons (Fsp3) is 0.567. The molecule has 1 aliphatic heterocycles. The molecule has 2 fully saturated rings. The first-order chi connectivity index (χ1) is 20.2. The van der Waals surface area contributed by atoms with Crippen molar-refractivity contribution in [3.63, 3.8) is 0 Å². The molecule has 1 aliphatic carbocycles. The number of carbonyl (C=O) groups is 1. The van der Waals surface area contributed by atoms with Crippen LogP contribution in [0.2, 0.25) is 0 Å². The van der Waals surface area contributed by atoms with E-state index in [-0.39, 0.29) is 18.2 Å². The van der Waals surface area contributed by atoms with Crippen molar-refractivity contribution in [2.24, 2.45) is 17.8 Å². The average molecular weight is 627 g/mol. The highest BCUT2D eigenvalue weighted by Crippen LogP contribution is 2.41. The van der Waals surface area contributed by atoms with E-state index in [0.717, 1.165) is 45.1 Å². The minimum absolute atomic E-state index is 0.0407. The summed E-state index contributed by atoms with van der Waals surface area (Å²) in [6, 6.07) is 1.24. The van der Waals surface area contributed by atoms with Gasteiger partial charge in [-0.25, -0.2) is 22.3 Å². The van der Waals surface area contributed by atoms with Crippen LogP contribution in [0.1, 0.15) is 70.3 Å². The van der Waals surface area contributed by atoms with Gasteiger partial charge in [-0.3, -0.25) is 4.79 Å². The van der Waals surface area contributed by atoms with Crippen LogP contribution in [0.15, 0.2) is 24.3 Å². The summed E-state index contributed by atoms with van der Waals surface area (Å²) in [5.74, 6) is -8.24. The van der Waals surface area contributed by atoms with Crippen molar-refractivity contribution in [1.82, 2.24) is 0 Å². The molecule has 43 heavy (non-hydrogen) atoms. The minimum atomic E-state index is -5.94. The molecule has 0 spiro atoms. The number of rotatable bonds is 9. The maximum Gasteiger partial charge on any atom is 0.527 e. The van der Waals surface area contributed by atoms with Crippen molar-refractivity contribution in [2.45, 2.75) is 83.3 Å². The molecule has 1 saturated heterocycles. The van der Waals surface area contributed by atoms with Crippen LogP contribution >= 0.6 is 0 Å². The van der Waals surface area contributed by atoms with E-state index in [1.807, 2.05) is 0 Å². The van der Waals surface area contributed by atoms with Crippen molar-refractivity contribution in [3.05, 3.63) is 53.1 Å². The fourth-order valence-electron chi connectivity index (χ4n) is 5.92. The summed E-state index contributed by atoms with van der Waals surface area (Å²) in [4.78, 5) is 12.7. The van der Waals surface area contributed by atoms with E-state index in [9.17, 15) is 44.3 Å². The van der Waals surface area contributed by atoms with Gasteiger partial charge in [0.15, 0.2) is 0 Å². The summed E-state index contributed by atoms with van der Waals surface area (Å²) >= 11 is 0. The molecule has 0 N–H and O–H groups in total. The highest BCUT2D eigenvalue weighted by molar-refractivity contribution is 5.76. The Bertz CT molecular complexity index is 1230. The van der Waals surface area contributed by atoms with E-state index < -0.39 is 70.1 Å². The summed E-state index contributed by atoms with van der Waals surface area (Å²) in [5, 5.41) is 0. The van der Waals surface area contributed by atoms with Gasteiger partial charge in [-0.2, -0.15) is 8.78 Å². The van der Waals surface area contributed by atoms with E-state index in [4.69, 9.17) is 9.47 Å². The van der Waals surface area contributed by atoms with Gasteiger partial charge in [0.2, 0.25) is 0 Å². The van der Waals surface area contributed by atoms with Crippen molar-refractivity contribution in [3.8, 4) is 16.9 Å². The third-order valence-corrected chi connectivity index (χ3v) is 8.10. The number of hydrogen-bond acceptors (Lipinski definition) is 4. The second kappa shape index (κ2) is 13.5. The zero-order chi connectivity index (χ0) is 31.5. The Labute approximate surface area is 242 Å². The summed E-state index contributed by atoms with van der Waals surface area (Å²) < 4.78 is 136. The molecule has 1 heterocycles. The van der Waals surface area contributed by atoms with Gasteiger partial charge in [0.1, 0.15) is 34.6 Å². The fourth-order valence-corrected chi connectivity index (χ4v) is 5.92. The molecule has 4 nitrogen and oxygen atoms in total. The van der Waals surface area contributed by atoms with E-state index in [1.54, 1.807) is 0 Å². The minimum Gasteiger partial charge on any atom is -0.426 e. The highest BCUT2D eigenvalue weighted by atomic mass is 19.4. The van der Waals surface area contributed by atoms with Crippen LogP contribution in [0, 0.1) is 41.0 Å². The van der Waals surface area contributed by atoms with Crippen molar-refractivity contribution in [2.75, 3.05) is 6.61 Å². The largest absolute Gasteiger partial charge is 0.527 e. The predicted octanol–water partition coefficient (Wildman–Crippen LogP) is 9.19. The Hall–Kier alpha value is -2.80. The van der Waals surface area contributed by atoms with E-state index >= 15 is 0 Å². The van der Waals surface area contributed by atoms with Gasteiger partial charge in [0.25, 0.3) is 0 Å². The van der Waals surface area contributed by atoms with Gasteiger partial charge >= 0.3 is 18.4 Å². The molecule has 0 radical (unpaired) electrons. The maximum absolute atomic E-state index is 14.9. The second-order valence-corrected chi connectivity index (χ2v) is 11.1. The SMILES string of the molecule is CCCCC1CCC(C2CCC(C(=O)Oc3cc(F)c(-c4cc(F)c(C(F)(F)OC(F)(F)F)c(F)c4)c(F)c3)CC2)OC1. The summed E-state index contributed by atoms with van der Waals surface area (Å²) in [7, 11) is 0. The predicted molar refractivity (Wildman–Crippen MR) is 136 cm³/mol. The monoisotopic (exact) mass is 626 g/mol. The average Bonchev–Trinajstić information content (AvgIpc) is 2.90. The van der Waals surface area contributed by atoms with Gasteiger partial charge in [-0.15, -0.1) is 13.2 Å². The standard InChI is InChI=1S/C30H31F9O4/c1-2-3-4-16-5-10-25(41-15-16)17-6-8-18(9-7-17)28(40)42-20-13-21(31)26(22(32)14-20)19-11-23(33)27(24(34)12-19)29(35,36)43-30(37,38)39/h11-14,16-18,25H,2-10,15H2,1H3. The summed E-state index contributed by atoms with van der Waals surface area (Å²) in [6.07, 6.45) is -3.24. The summed E-state index contributed by atoms with van der Waals surface area (Å²) in [5.41, 5.74) is -4.38. The van der Waals surface area contributed by atoms with Gasteiger partial charge < -0.3 is 9.47 Å². The number of hydrogen-bond donors (Lipinski definition) is 0. The van der Waals surface area contributed by atoms with E-state index in [0.29, 0.717) is 36.8 Å². The topological polar surface area (TPSA) is 44.8 Å².